The first-order valence-electron chi connectivity index (χ1n) is 5.57. The van der Waals surface area contributed by atoms with Crippen LogP contribution in [0.1, 0.15) is 19.4 Å². The monoisotopic (exact) mass is 319 g/mol. The lowest BCUT2D eigenvalue weighted by molar-refractivity contribution is 0.421. The lowest BCUT2D eigenvalue weighted by Gasteiger charge is -2.23. The quantitative estimate of drug-likeness (QED) is 0.756. The number of alkyl halides is 1. The van der Waals surface area contributed by atoms with Gasteiger partial charge in [0.1, 0.15) is 0 Å². The Hall–Kier alpha value is -0.390. The zero-order valence-corrected chi connectivity index (χ0v) is 12.5. The molecule has 0 unspecified atom stereocenters. The summed E-state index contributed by atoms with van der Waals surface area (Å²) in [5.74, 6) is 0. The van der Waals surface area contributed by atoms with Gasteiger partial charge in [0.25, 0.3) is 0 Å². The zero-order chi connectivity index (χ0) is 12.9. The minimum Gasteiger partial charge on any atom is -0.212 e. The molecule has 5 heteroatoms. The van der Waals surface area contributed by atoms with Gasteiger partial charge in [0, 0.05) is 18.4 Å². The van der Waals surface area contributed by atoms with Crippen LogP contribution in [0.3, 0.4) is 0 Å². The minimum atomic E-state index is -3.20. The molecule has 0 saturated carbocycles. The third-order valence-electron chi connectivity index (χ3n) is 2.49. The average Bonchev–Trinajstić information content (AvgIpc) is 2.29. The van der Waals surface area contributed by atoms with Crippen molar-refractivity contribution in [3.8, 4) is 0 Å². The minimum absolute atomic E-state index is 0.384. The Morgan fingerprint density at radius 1 is 1.24 bits per heavy atom. The molecule has 0 aliphatic rings. The second kappa shape index (κ2) is 6.52. The summed E-state index contributed by atoms with van der Waals surface area (Å²) < 4.78 is 25.8. The van der Waals surface area contributed by atoms with Gasteiger partial charge in [-0.05, 0) is 19.4 Å². The first-order valence-corrected chi connectivity index (χ1v) is 8.19. The smallest absolute Gasteiger partial charge is 0.212 e. The fraction of sp³-hybridized carbons (Fsp3) is 0.500. The van der Waals surface area contributed by atoms with Crippen LogP contribution >= 0.6 is 15.9 Å². The van der Waals surface area contributed by atoms with Gasteiger partial charge in [0.15, 0.2) is 0 Å². The van der Waals surface area contributed by atoms with Gasteiger partial charge in [-0.25, -0.2) is 8.42 Å². The van der Waals surface area contributed by atoms with Crippen molar-refractivity contribution < 1.29 is 8.42 Å². The number of hydrogen-bond donors (Lipinski definition) is 0. The van der Waals surface area contributed by atoms with Crippen LogP contribution in [-0.4, -0.2) is 29.8 Å². The van der Waals surface area contributed by atoms with Crippen molar-refractivity contribution in [3.63, 3.8) is 0 Å². The molecule has 3 nitrogen and oxygen atoms in total. The van der Waals surface area contributed by atoms with Crippen LogP contribution in [0.5, 0.6) is 0 Å². The number of sulfonamides is 1. The van der Waals surface area contributed by atoms with Crippen LogP contribution < -0.4 is 0 Å². The molecule has 1 aromatic carbocycles. The van der Waals surface area contributed by atoms with E-state index in [0.29, 0.717) is 18.4 Å². The second-order valence-electron chi connectivity index (χ2n) is 4.10. The molecule has 96 valence electrons. The summed E-state index contributed by atoms with van der Waals surface area (Å²) in [7, 11) is -3.20. The summed E-state index contributed by atoms with van der Waals surface area (Å²) in [6.07, 6.45) is 0. The Balaban J connectivity index is 2.88. The number of hydrogen-bond acceptors (Lipinski definition) is 2. The van der Waals surface area contributed by atoms with Crippen LogP contribution in [0, 0.1) is 0 Å². The third kappa shape index (κ3) is 4.08. The Morgan fingerprint density at radius 2 is 1.82 bits per heavy atom. The Morgan fingerprint density at radius 3 is 2.29 bits per heavy atom. The van der Waals surface area contributed by atoms with E-state index in [1.165, 1.54) is 4.31 Å². The molecule has 0 atom stereocenters. The molecule has 0 heterocycles. The van der Waals surface area contributed by atoms with Crippen molar-refractivity contribution >= 4 is 26.0 Å². The van der Waals surface area contributed by atoms with Gasteiger partial charge >= 0.3 is 0 Å². The highest BCUT2D eigenvalue weighted by Gasteiger charge is 2.25. The van der Waals surface area contributed by atoms with Crippen LogP contribution in [0.25, 0.3) is 0 Å². The molecule has 0 fully saturated rings. The SMILES string of the molecule is CC(C)S(=O)(=O)N(CCBr)Cc1ccccc1. The van der Waals surface area contributed by atoms with Gasteiger partial charge in [-0.2, -0.15) is 4.31 Å². The van der Waals surface area contributed by atoms with Crippen molar-refractivity contribution in [1.29, 1.82) is 0 Å². The Kier molecular flexibility index (Phi) is 5.62. The van der Waals surface area contributed by atoms with E-state index < -0.39 is 10.0 Å². The largest absolute Gasteiger partial charge is 0.216 e. The molecule has 0 N–H and O–H groups in total. The van der Waals surface area contributed by atoms with Crippen molar-refractivity contribution in [1.82, 2.24) is 4.31 Å². The maximum atomic E-state index is 12.1. The standard InChI is InChI=1S/C12H18BrNO2S/c1-11(2)17(15,16)14(9-8-13)10-12-6-4-3-5-7-12/h3-7,11H,8-10H2,1-2H3. The lowest BCUT2D eigenvalue weighted by atomic mass is 10.2. The molecule has 0 aromatic heterocycles. The first-order chi connectivity index (χ1) is 7.98. The number of benzene rings is 1. The van der Waals surface area contributed by atoms with Gasteiger partial charge < -0.3 is 0 Å². The predicted molar refractivity (Wildman–Crippen MR) is 74.7 cm³/mol. The maximum absolute atomic E-state index is 12.1. The highest BCUT2D eigenvalue weighted by molar-refractivity contribution is 9.09. The molecule has 0 radical (unpaired) electrons. The molecule has 1 rings (SSSR count). The fourth-order valence-electron chi connectivity index (χ4n) is 1.48. The van der Waals surface area contributed by atoms with E-state index in [1.807, 2.05) is 30.3 Å². The van der Waals surface area contributed by atoms with Gasteiger partial charge in [0.2, 0.25) is 10.0 Å². The van der Waals surface area contributed by atoms with E-state index in [4.69, 9.17) is 0 Å². The summed E-state index contributed by atoms with van der Waals surface area (Å²) in [5, 5.41) is 0.261. The topological polar surface area (TPSA) is 37.4 Å². The molecule has 17 heavy (non-hydrogen) atoms. The summed E-state index contributed by atoms with van der Waals surface area (Å²) in [6, 6.07) is 9.65. The van der Waals surface area contributed by atoms with Crippen molar-refractivity contribution in [2.75, 3.05) is 11.9 Å². The van der Waals surface area contributed by atoms with E-state index >= 15 is 0 Å². The first kappa shape index (κ1) is 14.7. The summed E-state index contributed by atoms with van der Waals surface area (Å²) in [6.45, 7) is 4.35. The van der Waals surface area contributed by atoms with Gasteiger partial charge in [-0.1, -0.05) is 46.3 Å². The normalized spacial score (nSPS) is 12.3. The predicted octanol–water partition coefficient (Wildman–Crippen LogP) is 2.62. The lowest BCUT2D eigenvalue weighted by Crippen LogP contribution is -2.37. The Labute approximate surface area is 112 Å². The molecular weight excluding hydrogens is 302 g/mol. The van der Waals surface area contributed by atoms with E-state index in [2.05, 4.69) is 15.9 Å². The van der Waals surface area contributed by atoms with Gasteiger partial charge in [0.05, 0.1) is 5.25 Å². The summed E-state index contributed by atoms with van der Waals surface area (Å²) >= 11 is 3.30. The maximum Gasteiger partial charge on any atom is 0.216 e. The molecule has 0 spiro atoms. The third-order valence-corrected chi connectivity index (χ3v) is 5.07. The average molecular weight is 320 g/mol. The van der Waals surface area contributed by atoms with Crippen LogP contribution in [0.4, 0.5) is 0 Å². The Bertz CT molecular complexity index is 431. The highest BCUT2D eigenvalue weighted by atomic mass is 79.9. The van der Waals surface area contributed by atoms with Crippen molar-refractivity contribution in [2.24, 2.45) is 0 Å². The van der Waals surface area contributed by atoms with Gasteiger partial charge in [-0.15, -0.1) is 0 Å². The molecule has 1 aromatic rings. The number of halogens is 1. The van der Waals surface area contributed by atoms with Crippen LogP contribution in [-0.2, 0) is 16.6 Å². The summed E-state index contributed by atoms with van der Waals surface area (Å²) in [5.41, 5.74) is 1.01. The zero-order valence-electron chi connectivity index (χ0n) is 10.1. The van der Waals surface area contributed by atoms with E-state index in [-0.39, 0.29) is 5.25 Å². The molecule has 0 aliphatic carbocycles. The molecule has 0 amide bonds. The molecule has 0 aliphatic heterocycles. The fourth-order valence-corrected chi connectivity index (χ4v) is 3.41. The van der Waals surface area contributed by atoms with Crippen molar-refractivity contribution in [3.05, 3.63) is 35.9 Å². The molecular formula is C12H18BrNO2S. The van der Waals surface area contributed by atoms with E-state index in [0.717, 1.165) is 5.56 Å². The van der Waals surface area contributed by atoms with E-state index in [1.54, 1.807) is 13.8 Å². The number of nitrogens with zero attached hydrogens (tertiary/aromatic N) is 1. The van der Waals surface area contributed by atoms with Gasteiger partial charge in [-0.3, -0.25) is 0 Å². The number of rotatable bonds is 6. The van der Waals surface area contributed by atoms with Crippen LogP contribution in [0.15, 0.2) is 30.3 Å². The molecule has 0 saturated heterocycles. The van der Waals surface area contributed by atoms with Crippen molar-refractivity contribution in [2.45, 2.75) is 25.6 Å². The second-order valence-corrected chi connectivity index (χ2v) is 7.38. The van der Waals surface area contributed by atoms with Crippen LogP contribution in [0.2, 0.25) is 0 Å². The molecule has 0 bridgehead atoms. The van der Waals surface area contributed by atoms with E-state index in [9.17, 15) is 8.42 Å². The highest BCUT2D eigenvalue weighted by Crippen LogP contribution is 2.13. The summed E-state index contributed by atoms with van der Waals surface area (Å²) in [4.78, 5) is 0.